The molecule has 1 aliphatic heterocycles. The monoisotopic (exact) mass is 518 g/mol. The Hall–Kier alpha value is -4.23. The zero-order chi connectivity index (χ0) is 27.3. The van der Waals surface area contributed by atoms with E-state index >= 15 is 0 Å². The van der Waals surface area contributed by atoms with Gasteiger partial charge in [-0.15, -0.1) is 0 Å². The highest BCUT2D eigenvalue weighted by Gasteiger charge is 2.35. The zero-order valence-electron chi connectivity index (χ0n) is 21.0. The van der Waals surface area contributed by atoms with Gasteiger partial charge in [0.2, 0.25) is 5.91 Å². The van der Waals surface area contributed by atoms with E-state index in [1.807, 2.05) is 6.07 Å². The fourth-order valence-corrected chi connectivity index (χ4v) is 4.63. The fourth-order valence-electron chi connectivity index (χ4n) is 4.63. The van der Waals surface area contributed by atoms with Crippen molar-refractivity contribution in [2.45, 2.75) is 44.2 Å². The van der Waals surface area contributed by atoms with Gasteiger partial charge in [-0.25, -0.2) is 4.39 Å². The lowest BCUT2D eigenvalue weighted by Gasteiger charge is -2.41. The van der Waals surface area contributed by atoms with Crippen molar-refractivity contribution in [2.24, 2.45) is 11.7 Å². The molecule has 0 unspecified atom stereocenters. The van der Waals surface area contributed by atoms with Crippen LogP contribution in [0.25, 0.3) is 11.1 Å². The molecule has 1 heterocycles. The number of hydrogen-bond acceptors (Lipinski definition) is 7. The minimum Gasteiger partial charge on any atom is -0.507 e. The molecule has 38 heavy (non-hydrogen) atoms. The average Bonchev–Trinajstić information content (AvgIpc) is 3.71. The number of rotatable bonds is 9. The van der Waals surface area contributed by atoms with Crippen molar-refractivity contribution in [1.82, 2.24) is 15.5 Å². The maximum atomic E-state index is 13.6. The highest BCUT2D eigenvalue weighted by molar-refractivity contribution is 6.22. The molecule has 1 saturated carbocycles. The number of nitrogens with zero attached hydrogens (tertiary/aromatic N) is 2. The van der Waals surface area contributed by atoms with Gasteiger partial charge in [0.1, 0.15) is 17.4 Å². The van der Waals surface area contributed by atoms with Crippen molar-refractivity contribution < 1.29 is 19.1 Å². The van der Waals surface area contributed by atoms with Crippen LogP contribution in [0, 0.1) is 28.5 Å². The van der Waals surface area contributed by atoms with Crippen molar-refractivity contribution in [3.05, 3.63) is 65.6 Å². The third-order valence-corrected chi connectivity index (χ3v) is 7.09. The Bertz CT molecular complexity index is 1310. The molecule has 0 aromatic heterocycles. The van der Waals surface area contributed by atoms with E-state index in [1.54, 1.807) is 24.3 Å². The van der Waals surface area contributed by atoms with E-state index in [0.29, 0.717) is 43.6 Å². The molecule has 2 fully saturated rings. The molecule has 0 spiro atoms. The summed E-state index contributed by atoms with van der Waals surface area (Å²) >= 11 is 0. The summed E-state index contributed by atoms with van der Waals surface area (Å²) in [5.74, 6) is -1.90. The van der Waals surface area contributed by atoms with Crippen LogP contribution < -0.4 is 16.4 Å². The lowest BCUT2D eigenvalue weighted by atomic mass is 9.84. The number of nitrogens with two attached hydrogens (primary N) is 1. The summed E-state index contributed by atoms with van der Waals surface area (Å²) in [7, 11) is 0. The molecule has 0 bridgehead atoms. The van der Waals surface area contributed by atoms with E-state index in [-0.39, 0.29) is 41.2 Å². The number of phenolic OH excluding ortho intramolecular Hbond substituents is 1. The number of phenols is 1. The minimum atomic E-state index is -0.843. The van der Waals surface area contributed by atoms with Gasteiger partial charge in [0, 0.05) is 37.3 Å². The average molecular weight is 519 g/mol. The predicted octanol–water partition coefficient (Wildman–Crippen LogP) is 2.91. The number of nitriles is 1. The highest BCUT2D eigenvalue weighted by Crippen LogP contribution is 2.32. The lowest BCUT2D eigenvalue weighted by Crippen LogP contribution is -2.51. The van der Waals surface area contributed by atoms with Gasteiger partial charge < -0.3 is 21.5 Å². The standard InChI is InChI=1S/C28H31FN6O3/c29-21-3-1-2-20(15-21)22-7-4-18(14-24(22)36)17-35-12-9-28(8-11-30,10-13-35)33-16-23(26(32)37)25(31)34-27(38)19-5-6-19/h1-4,7,14-16,19,33,36H,5-6,8-10,12-13,17H2,(H2,32,37)(H2,31,34,38)/b23-16+. The van der Waals surface area contributed by atoms with E-state index < -0.39 is 11.4 Å². The summed E-state index contributed by atoms with van der Waals surface area (Å²) < 4.78 is 13.6. The maximum Gasteiger partial charge on any atom is 0.253 e. The summed E-state index contributed by atoms with van der Waals surface area (Å²) in [6.45, 7) is 1.88. The van der Waals surface area contributed by atoms with Crippen LogP contribution in [0.2, 0.25) is 0 Å². The number of amides is 2. The number of carbonyl (C=O) groups is 2. The van der Waals surface area contributed by atoms with Gasteiger partial charge in [-0.3, -0.25) is 19.9 Å². The molecule has 0 atom stereocenters. The second kappa shape index (κ2) is 11.4. The quantitative estimate of drug-likeness (QED) is 0.195. The second-order valence-electron chi connectivity index (χ2n) is 9.96. The molecular formula is C28H31FN6O3. The normalized spacial score (nSPS) is 17.3. The number of aromatic hydroxyl groups is 1. The van der Waals surface area contributed by atoms with Gasteiger partial charge in [-0.2, -0.15) is 5.26 Å². The Labute approximate surface area is 220 Å². The van der Waals surface area contributed by atoms with Crippen LogP contribution in [-0.2, 0) is 16.1 Å². The Kier molecular flexibility index (Phi) is 8.08. The number of halogens is 1. The Morgan fingerprint density at radius 2 is 1.97 bits per heavy atom. The molecule has 2 aliphatic rings. The van der Waals surface area contributed by atoms with Gasteiger partial charge in [0.05, 0.1) is 23.6 Å². The molecule has 2 aromatic rings. The van der Waals surface area contributed by atoms with E-state index in [9.17, 15) is 24.3 Å². The van der Waals surface area contributed by atoms with Crippen LogP contribution in [-0.4, -0.2) is 46.3 Å². The Morgan fingerprint density at radius 3 is 2.58 bits per heavy atom. The van der Waals surface area contributed by atoms with Crippen molar-refractivity contribution in [1.29, 1.82) is 10.7 Å². The topological polar surface area (TPSA) is 155 Å². The number of piperidine rings is 1. The summed E-state index contributed by atoms with van der Waals surface area (Å²) in [5.41, 5.74) is 6.76. The first-order valence-electron chi connectivity index (χ1n) is 12.5. The number of likely N-dealkylation sites (tertiary alicyclic amines) is 1. The van der Waals surface area contributed by atoms with E-state index in [4.69, 9.17) is 11.1 Å². The SMILES string of the molecule is N#CCC1(N/C=C(\C(=N)NC(=O)C2CC2)C(N)=O)CCN(Cc2ccc(-c3cccc(F)c3)c(O)c2)CC1. The summed E-state index contributed by atoms with van der Waals surface area (Å²) in [6.07, 6.45) is 4.26. The number of benzene rings is 2. The van der Waals surface area contributed by atoms with Crippen LogP contribution in [0.4, 0.5) is 4.39 Å². The number of primary amides is 1. The molecule has 1 aliphatic carbocycles. The molecule has 2 amide bonds. The number of amidine groups is 1. The van der Waals surface area contributed by atoms with Crippen molar-refractivity contribution in [3.63, 3.8) is 0 Å². The van der Waals surface area contributed by atoms with Gasteiger partial charge in [-0.05, 0) is 55.0 Å². The number of nitrogens with one attached hydrogen (secondary N) is 3. The second-order valence-corrected chi connectivity index (χ2v) is 9.96. The first-order chi connectivity index (χ1) is 18.2. The largest absolute Gasteiger partial charge is 0.507 e. The zero-order valence-corrected chi connectivity index (χ0v) is 21.0. The molecule has 10 heteroatoms. The molecule has 9 nitrogen and oxygen atoms in total. The fraction of sp³-hybridized carbons (Fsp3) is 0.357. The first-order valence-corrected chi connectivity index (χ1v) is 12.5. The van der Waals surface area contributed by atoms with E-state index in [1.165, 1.54) is 18.3 Å². The Balaban J connectivity index is 1.39. The molecule has 6 N–H and O–H groups in total. The van der Waals surface area contributed by atoms with E-state index in [0.717, 1.165) is 18.4 Å². The number of hydrogen-bond donors (Lipinski definition) is 5. The number of carbonyl (C=O) groups excluding carboxylic acids is 2. The summed E-state index contributed by atoms with van der Waals surface area (Å²) in [6, 6.07) is 13.6. The predicted molar refractivity (Wildman–Crippen MR) is 140 cm³/mol. The van der Waals surface area contributed by atoms with Crippen molar-refractivity contribution in [3.8, 4) is 22.9 Å². The molecule has 198 valence electrons. The van der Waals surface area contributed by atoms with Crippen LogP contribution >= 0.6 is 0 Å². The van der Waals surface area contributed by atoms with Crippen LogP contribution in [0.3, 0.4) is 0 Å². The van der Waals surface area contributed by atoms with E-state index in [2.05, 4.69) is 21.6 Å². The molecule has 4 rings (SSSR count). The Morgan fingerprint density at radius 1 is 1.24 bits per heavy atom. The van der Waals surface area contributed by atoms with Crippen LogP contribution in [0.15, 0.2) is 54.2 Å². The molecular weight excluding hydrogens is 487 g/mol. The molecule has 0 radical (unpaired) electrons. The van der Waals surface area contributed by atoms with Crippen LogP contribution in [0.1, 0.15) is 37.7 Å². The maximum absolute atomic E-state index is 13.6. The summed E-state index contributed by atoms with van der Waals surface area (Å²) in [4.78, 5) is 26.2. The van der Waals surface area contributed by atoms with Gasteiger partial charge >= 0.3 is 0 Å². The molecule has 1 saturated heterocycles. The first kappa shape index (κ1) is 26.8. The smallest absolute Gasteiger partial charge is 0.253 e. The third kappa shape index (κ3) is 6.55. The van der Waals surface area contributed by atoms with Crippen LogP contribution in [0.5, 0.6) is 5.75 Å². The van der Waals surface area contributed by atoms with Crippen molar-refractivity contribution >= 4 is 17.6 Å². The van der Waals surface area contributed by atoms with Gasteiger partial charge in [0.25, 0.3) is 5.91 Å². The summed E-state index contributed by atoms with van der Waals surface area (Å²) in [5, 5.41) is 33.7. The minimum absolute atomic E-state index is 0.0750. The highest BCUT2D eigenvalue weighted by atomic mass is 19.1. The van der Waals surface area contributed by atoms with Gasteiger partial charge in [-0.1, -0.05) is 24.3 Å². The lowest BCUT2D eigenvalue weighted by molar-refractivity contribution is -0.120. The third-order valence-electron chi connectivity index (χ3n) is 7.09. The molecule has 2 aromatic carbocycles. The van der Waals surface area contributed by atoms with Gasteiger partial charge in [0.15, 0.2) is 0 Å². The van der Waals surface area contributed by atoms with Crippen molar-refractivity contribution in [2.75, 3.05) is 13.1 Å².